The summed E-state index contributed by atoms with van der Waals surface area (Å²) in [6, 6.07) is 18.2. The van der Waals surface area contributed by atoms with Gasteiger partial charge in [-0.15, -0.1) is 0 Å². The number of aryl methyl sites for hydroxylation is 1. The molecule has 3 heterocycles. The molecule has 0 fully saturated rings. The number of para-hydroxylation sites is 1. The zero-order chi connectivity index (χ0) is 23.9. The number of nitriles is 1. The summed E-state index contributed by atoms with van der Waals surface area (Å²) in [6.45, 7) is 5.60. The quantitative estimate of drug-likeness (QED) is 0.505. The van der Waals surface area contributed by atoms with Crippen molar-refractivity contribution in [1.29, 1.82) is 5.26 Å². The Kier molecular flexibility index (Phi) is 5.45. The summed E-state index contributed by atoms with van der Waals surface area (Å²) >= 11 is 0. The molecule has 2 aromatic rings. The Hall–Kier alpha value is -3.91. The Morgan fingerprint density at radius 1 is 1.03 bits per heavy atom. The summed E-state index contributed by atoms with van der Waals surface area (Å²) < 4.78 is 0. The van der Waals surface area contributed by atoms with Crippen LogP contribution in [0.25, 0.3) is 0 Å². The number of benzene rings is 2. The second-order valence-electron chi connectivity index (χ2n) is 9.53. The Bertz CT molecular complexity index is 1310. The fourth-order valence-electron chi connectivity index (χ4n) is 5.30. The normalized spacial score (nSPS) is 21.0. The number of rotatable bonds is 4. The maximum Gasteiger partial charge on any atom is 0.271 e. The van der Waals surface area contributed by atoms with Crippen molar-refractivity contribution in [1.82, 2.24) is 4.90 Å². The first kappa shape index (κ1) is 21.9. The number of imide groups is 1. The highest BCUT2D eigenvalue weighted by molar-refractivity contribution is 6.16. The van der Waals surface area contributed by atoms with Crippen LogP contribution in [0.2, 0.25) is 0 Å². The lowest BCUT2D eigenvalue weighted by Crippen LogP contribution is -2.42. The summed E-state index contributed by atoms with van der Waals surface area (Å²) in [7, 11) is 0. The highest BCUT2D eigenvalue weighted by Gasteiger charge is 2.42. The first-order chi connectivity index (χ1) is 16.4. The van der Waals surface area contributed by atoms with E-state index < -0.39 is 5.91 Å². The van der Waals surface area contributed by atoms with Gasteiger partial charge in [0.05, 0.1) is 0 Å². The first-order valence-electron chi connectivity index (χ1n) is 11.8. The van der Waals surface area contributed by atoms with Gasteiger partial charge in [-0.05, 0) is 54.2 Å². The third-order valence-corrected chi connectivity index (χ3v) is 7.10. The van der Waals surface area contributed by atoms with Gasteiger partial charge in [0, 0.05) is 35.5 Å². The highest BCUT2D eigenvalue weighted by atomic mass is 16.2. The molecule has 3 aliphatic rings. The molecule has 0 unspecified atom stereocenters. The minimum absolute atomic E-state index is 0.00783. The zero-order valence-electron chi connectivity index (χ0n) is 19.5. The van der Waals surface area contributed by atoms with Gasteiger partial charge in [0.15, 0.2) is 0 Å². The van der Waals surface area contributed by atoms with Crippen molar-refractivity contribution in [3.63, 3.8) is 0 Å². The molecule has 2 aromatic carbocycles. The fraction of sp³-hybridized carbons (Fsp3) is 0.276. The van der Waals surface area contributed by atoms with Crippen molar-refractivity contribution in [2.45, 2.75) is 38.5 Å². The van der Waals surface area contributed by atoms with Gasteiger partial charge in [-0.2, -0.15) is 5.26 Å². The largest absolute Gasteiger partial charge is 0.344 e. The molecule has 0 bridgehead atoms. The van der Waals surface area contributed by atoms with Gasteiger partial charge in [-0.1, -0.05) is 62.4 Å². The van der Waals surface area contributed by atoms with Crippen LogP contribution >= 0.6 is 0 Å². The first-order valence-corrected chi connectivity index (χ1v) is 11.8. The third kappa shape index (κ3) is 3.56. The molecular weight excluding hydrogens is 422 g/mol. The molecular formula is C29H27N3O2. The molecule has 0 saturated heterocycles. The number of hydrogen-bond acceptors (Lipinski definition) is 4. The third-order valence-electron chi connectivity index (χ3n) is 7.10. The van der Waals surface area contributed by atoms with Crippen molar-refractivity contribution in [3.8, 4) is 6.07 Å². The SMILES string of the molecule is CC1(C)C(=CC=C2C=C(C#N)C(=O)N(CCc3ccccc3)C2=O)N2CCCc3cccc1c32. The van der Waals surface area contributed by atoms with E-state index >= 15 is 0 Å². The molecule has 170 valence electrons. The van der Waals surface area contributed by atoms with E-state index in [2.05, 4.69) is 36.9 Å². The van der Waals surface area contributed by atoms with Gasteiger partial charge >= 0.3 is 0 Å². The summed E-state index contributed by atoms with van der Waals surface area (Å²) in [5.41, 5.74) is 6.29. The monoisotopic (exact) mass is 449 g/mol. The molecule has 34 heavy (non-hydrogen) atoms. The van der Waals surface area contributed by atoms with E-state index in [0.717, 1.165) is 30.6 Å². The Morgan fingerprint density at radius 2 is 1.82 bits per heavy atom. The van der Waals surface area contributed by atoms with Gasteiger partial charge in [-0.3, -0.25) is 14.5 Å². The van der Waals surface area contributed by atoms with Gasteiger partial charge < -0.3 is 4.90 Å². The van der Waals surface area contributed by atoms with Gasteiger partial charge in [0.25, 0.3) is 11.8 Å². The number of carbonyl (C=O) groups is 2. The minimum atomic E-state index is -0.525. The average Bonchev–Trinajstić information content (AvgIpc) is 3.07. The Morgan fingerprint density at radius 3 is 2.59 bits per heavy atom. The smallest absolute Gasteiger partial charge is 0.271 e. The second-order valence-corrected chi connectivity index (χ2v) is 9.53. The molecule has 0 saturated carbocycles. The lowest BCUT2D eigenvalue weighted by atomic mass is 9.83. The van der Waals surface area contributed by atoms with Crippen LogP contribution < -0.4 is 4.90 Å². The minimum Gasteiger partial charge on any atom is -0.344 e. The van der Waals surface area contributed by atoms with Gasteiger partial charge in [0.1, 0.15) is 11.6 Å². The van der Waals surface area contributed by atoms with Crippen LogP contribution in [0.1, 0.15) is 37.0 Å². The van der Waals surface area contributed by atoms with Crippen LogP contribution in [0.4, 0.5) is 5.69 Å². The van der Waals surface area contributed by atoms with E-state index in [1.165, 1.54) is 27.8 Å². The molecule has 0 N–H and O–H groups in total. The van der Waals surface area contributed by atoms with E-state index in [-0.39, 0.29) is 23.4 Å². The number of hydrogen-bond donors (Lipinski definition) is 0. The van der Waals surface area contributed by atoms with Crippen molar-refractivity contribution in [2.75, 3.05) is 18.0 Å². The lowest BCUT2D eigenvalue weighted by molar-refractivity contribution is -0.140. The standard InChI is InChI=1S/C29H27N3O2/c1-29(2)24-12-6-10-21-11-7-16-31(26(21)24)25(29)14-13-22-18-23(19-30)28(34)32(27(22)33)17-15-20-8-4-3-5-9-20/h3-6,8-10,12-14,18H,7,11,15-17H2,1-2H3. The number of nitrogens with zero attached hydrogens (tertiary/aromatic N) is 3. The van der Waals surface area contributed by atoms with Crippen molar-refractivity contribution >= 4 is 17.5 Å². The van der Waals surface area contributed by atoms with E-state index in [1.807, 2.05) is 42.5 Å². The van der Waals surface area contributed by atoms with Crippen LogP contribution in [0.15, 0.2) is 83.6 Å². The van der Waals surface area contributed by atoms with Gasteiger partial charge in [-0.25, -0.2) is 0 Å². The van der Waals surface area contributed by atoms with Crippen LogP contribution in [0.3, 0.4) is 0 Å². The summed E-state index contributed by atoms with van der Waals surface area (Å²) in [5.74, 6) is -0.882. The van der Waals surface area contributed by atoms with E-state index in [1.54, 1.807) is 6.08 Å². The molecule has 0 aliphatic carbocycles. The van der Waals surface area contributed by atoms with Crippen molar-refractivity contribution in [2.24, 2.45) is 0 Å². The van der Waals surface area contributed by atoms with Crippen LogP contribution in [0, 0.1) is 11.3 Å². The molecule has 3 aliphatic heterocycles. The zero-order valence-corrected chi connectivity index (χ0v) is 19.5. The predicted molar refractivity (Wildman–Crippen MR) is 132 cm³/mol. The number of allylic oxidation sites excluding steroid dienone is 3. The topological polar surface area (TPSA) is 64.4 Å². The Balaban J connectivity index is 1.48. The molecule has 0 radical (unpaired) electrons. The molecule has 5 nitrogen and oxygen atoms in total. The van der Waals surface area contributed by atoms with Crippen LogP contribution in [0.5, 0.6) is 0 Å². The number of anilines is 1. The molecule has 0 aromatic heterocycles. The Labute approximate surface area is 200 Å². The van der Waals surface area contributed by atoms with E-state index in [4.69, 9.17) is 0 Å². The molecule has 5 heteroatoms. The summed E-state index contributed by atoms with van der Waals surface area (Å²) in [6.07, 6.45) is 7.91. The average molecular weight is 450 g/mol. The molecule has 2 amide bonds. The predicted octanol–water partition coefficient (Wildman–Crippen LogP) is 4.60. The van der Waals surface area contributed by atoms with Crippen molar-refractivity contribution in [3.05, 3.63) is 100 Å². The van der Waals surface area contributed by atoms with Crippen LogP contribution in [-0.4, -0.2) is 29.8 Å². The summed E-state index contributed by atoms with van der Waals surface area (Å²) in [4.78, 5) is 29.6. The number of carbonyl (C=O) groups excluding carboxylic acids is 2. The van der Waals surface area contributed by atoms with Crippen LogP contribution in [-0.2, 0) is 27.8 Å². The second kappa shape index (κ2) is 8.46. The fourth-order valence-corrected chi connectivity index (χ4v) is 5.30. The van der Waals surface area contributed by atoms with Crippen molar-refractivity contribution < 1.29 is 9.59 Å². The maximum atomic E-state index is 13.3. The van der Waals surface area contributed by atoms with E-state index in [0.29, 0.717) is 12.0 Å². The number of amides is 2. The maximum absolute atomic E-state index is 13.3. The lowest BCUT2D eigenvalue weighted by Gasteiger charge is -2.30. The van der Waals surface area contributed by atoms with E-state index in [9.17, 15) is 14.9 Å². The van der Waals surface area contributed by atoms with Gasteiger partial charge in [0.2, 0.25) is 0 Å². The molecule has 5 rings (SSSR count). The molecule has 0 atom stereocenters. The highest BCUT2D eigenvalue weighted by Crippen LogP contribution is 2.51. The summed E-state index contributed by atoms with van der Waals surface area (Å²) in [5, 5.41) is 9.54. The molecule has 0 spiro atoms.